The zero-order chi connectivity index (χ0) is 29.3. The highest BCUT2D eigenvalue weighted by atomic mass is 16.5. The number of hydrogen-bond donors (Lipinski definition) is 2. The third kappa shape index (κ3) is 4.80. The first kappa shape index (κ1) is 28.8. The SMILES string of the molecule is COc1cc(OC)c2c(c1)O[C@@]1(c3ccc(OCCCCN4CCN(C)CC4)cc3)[C@H](c3ccccc3)C[C@@H](O)[C@@]21O. The molecule has 1 saturated heterocycles. The van der Waals surface area contributed by atoms with Crippen LogP contribution < -0.4 is 18.9 Å². The lowest BCUT2D eigenvalue weighted by Crippen LogP contribution is -2.52. The zero-order valence-corrected chi connectivity index (χ0v) is 24.8. The van der Waals surface area contributed by atoms with E-state index < -0.39 is 17.3 Å². The molecule has 4 atom stereocenters. The molecule has 2 aliphatic heterocycles. The van der Waals surface area contributed by atoms with Crippen LogP contribution in [0.4, 0.5) is 0 Å². The Morgan fingerprint density at radius 1 is 0.905 bits per heavy atom. The lowest BCUT2D eigenvalue weighted by Gasteiger charge is -2.40. The van der Waals surface area contributed by atoms with Crippen molar-refractivity contribution in [2.45, 2.75) is 42.5 Å². The van der Waals surface area contributed by atoms with Gasteiger partial charge in [0.1, 0.15) is 23.0 Å². The summed E-state index contributed by atoms with van der Waals surface area (Å²) in [6, 6.07) is 21.2. The van der Waals surface area contributed by atoms with Gasteiger partial charge in [0.2, 0.25) is 0 Å². The Morgan fingerprint density at radius 2 is 1.64 bits per heavy atom. The molecule has 224 valence electrons. The summed E-state index contributed by atoms with van der Waals surface area (Å²) in [5.41, 5.74) is -0.873. The van der Waals surface area contributed by atoms with Crippen LogP contribution in [0.3, 0.4) is 0 Å². The van der Waals surface area contributed by atoms with Gasteiger partial charge in [0.25, 0.3) is 0 Å². The molecule has 1 saturated carbocycles. The maximum Gasteiger partial charge on any atom is 0.176 e. The van der Waals surface area contributed by atoms with Gasteiger partial charge in [-0.15, -0.1) is 0 Å². The second-order valence-corrected chi connectivity index (χ2v) is 11.7. The van der Waals surface area contributed by atoms with E-state index in [4.69, 9.17) is 18.9 Å². The number of aliphatic hydroxyl groups is 2. The minimum Gasteiger partial charge on any atom is -0.496 e. The number of piperazine rings is 1. The zero-order valence-electron chi connectivity index (χ0n) is 24.8. The Hall–Kier alpha value is -3.30. The molecule has 0 spiro atoms. The molecule has 0 bridgehead atoms. The Bertz CT molecular complexity index is 1360. The minimum atomic E-state index is -1.76. The summed E-state index contributed by atoms with van der Waals surface area (Å²) >= 11 is 0. The molecule has 2 fully saturated rings. The molecule has 0 radical (unpaired) electrons. The van der Waals surface area contributed by atoms with Gasteiger partial charge in [-0.1, -0.05) is 42.5 Å². The van der Waals surface area contributed by atoms with Crippen LogP contribution in [-0.2, 0) is 11.2 Å². The first-order chi connectivity index (χ1) is 20.4. The summed E-state index contributed by atoms with van der Waals surface area (Å²) in [6.07, 6.45) is 1.31. The lowest BCUT2D eigenvalue weighted by atomic mass is 9.71. The molecule has 8 nitrogen and oxygen atoms in total. The van der Waals surface area contributed by atoms with Crippen LogP contribution in [0.2, 0.25) is 0 Å². The Balaban J connectivity index is 1.26. The number of ether oxygens (including phenoxy) is 4. The van der Waals surface area contributed by atoms with Crippen LogP contribution in [0.5, 0.6) is 23.0 Å². The van der Waals surface area contributed by atoms with Gasteiger partial charge in [-0.05, 0) is 56.1 Å². The molecule has 8 heteroatoms. The molecule has 6 rings (SSSR count). The van der Waals surface area contributed by atoms with E-state index in [1.165, 1.54) is 0 Å². The van der Waals surface area contributed by atoms with Crippen LogP contribution in [0.15, 0.2) is 66.7 Å². The van der Waals surface area contributed by atoms with Crippen LogP contribution in [0.1, 0.15) is 41.9 Å². The van der Waals surface area contributed by atoms with Gasteiger partial charge < -0.3 is 39.0 Å². The van der Waals surface area contributed by atoms with E-state index in [-0.39, 0.29) is 5.92 Å². The highest BCUT2D eigenvalue weighted by molar-refractivity contribution is 5.62. The monoisotopic (exact) mass is 574 g/mol. The summed E-state index contributed by atoms with van der Waals surface area (Å²) in [7, 11) is 5.30. The van der Waals surface area contributed by atoms with Gasteiger partial charge in [0, 0.05) is 44.2 Å². The Kier molecular flexibility index (Phi) is 8.07. The molecular weight excluding hydrogens is 532 g/mol. The highest BCUT2D eigenvalue weighted by Gasteiger charge is 2.73. The number of unbranched alkanes of at least 4 members (excludes halogenated alkanes) is 1. The molecule has 2 N–H and O–H groups in total. The molecule has 3 aromatic carbocycles. The van der Waals surface area contributed by atoms with E-state index in [0.717, 1.165) is 62.4 Å². The largest absolute Gasteiger partial charge is 0.496 e. The smallest absolute Gasteiger partial charge is 0.176 e. The molecule has 0 aromatic heterocycles. The molecule has 3 aliphatic rings. The lowest BCUT2D eigenvalue weighted by molar-refractivity contribution is -0.150. The van der Waals surface area contributed by atoms with Gasteiger partial charge >= 0.3 is 0 Å². The topological polar surface area (TPSA) is 83.9 Å². The van der Waals surface area contributed by atoms with Crippen molar-refractivity contribution < 1.29 is 29.2 Å². The average Bonchev–Trinajstić information content (AvgIpc) is 3.42. The van der Waals surface area contributed by atoms with Crippen molar-refractivity contribution in [1.82, 2.24) is 9.80 Å². The van der Waals surface area contributed by atoms with E-state index in [1.807, 2.05) is 54.6 Å². The van der Waals surface area contributed by atoms with Crippen LogP contribution in [0.25, 0.3) is 0 Å². The van der Waals surface area contributed by atoms with Crippen LogP contribution in [-0.4, -0.2) is 86.7 Å². The molecular formula is C34H42N2O6. The molecule has 3 aromatic rings. The normalized spacial score (nSPS) is 27.3. The fourth-order valence-electron chi connectivity index (χ4n) is 7.08. The quantitative estimate of drug-likeness (QED) is 0.350. The van der Waals surface area contributed by atoms with Crippen molar-refractivity contribution in [2.75, 3.05) is 60.6 Å². The number of likely N-dealkylation sites (N-methyl/N-ethyl adjacent to an activating group) is 1. The van der Waals surface area contributed by atoms with Crippen molar-refractivity contribution in [3.63, 3.8) is 0 Å². The predicted molar refractivity (Wildman–Crippen MR) is 161 cm³/mol. The van der Waals surface area contributed by atoms with Gasteiger partial charge in [-0.2, -0.15) is 0 Å². The molecule has 42 heavy (non-hydrogen) atoms. The maximum atomic E-state index is 12.6. The van der Waals surface area contributed by atoms with Gasteiger partial charge in [0.05, 0.1) is 32.5 Å². The van der Waals surface area contributed by atoms with Crippen molar-refractivity contribution in [1.29, 1.82) is 0 Å². The number of nitrogens with zero attached hydrogens (tertiary/aromatic N) is 2. The van der Waals surface area contributed by atoms with Crippen LogP contribution in [0, 0.1) is 0 Å². The van der Waals surface area contributed by atoms with E-state index >= 15 is 0 Å². The second kappa shape index (κ2) is 11.8. The van der Waals surface area contributed by atoms with Crippen molar-refractivity contribution in [3.8, 4) is 23.0 Å². The number of benzene rings is 3. The van der Waals surface area contributed by atoms with E-state index in [9.17, 15) is 10.2 Å². The third-order valence-electron chi connectivity index (χ3n) is 9.36. The van der Waals surface area contributed by atoms with E-state index in [0.29, 0.717) is 35.8 Å². The number of aliphatic hydroxyl groups excluding tert-OH is 1. The Morgan fingerprint density at radius 3 is 2.33 bits per heavy atom. The highest BCUT2D eigenvalue weighted by Crippen LogP contribution is 2.68. The number of hydrogen-bond acceptors (Lipinski definition) is 8. The Labute approximate surface area is 248 Å². The van der Waals surface area contributed by atoms with Crippen molar-refractivity contribution in [2.24, 2.45) is 0 Å². The summed E-state index contributed by atoms with van der Waals surface area (Å²) in [4.78, 5) is 4.90. The van der Waals surface area contributed by atoms with Gasteiger partial charge in [0.15, 0.2) is 11.2 Å². The molecule has 0 amide bonds. The van der Waals surface area contributed by atoms with Crippen molar-refractivity contribution >= 4 is 0 Å². The summed E-state index contributed by atoms with van der Waals surface area (Å²) in [6.45, 7) is 6.29. The van der Waals surface area contributed by atoms with E-state index in [1.54, 1.807) is 26.4 Å². The maximum absolute atomic E-state index is 12.6. The molecule has 1 aliphatic carbocycles. The first-order valence-corrected chi connectivity index (χ1v) is 15.0. The summed E-state index contributed by atoms with van der Waals surface area (Å²) in [5.74, 6) is 1.84. The second-order valence-electron chi connectivity index (χ2n) is 11.7. The fraction of sp³-hybridized carbons (Fsp3) is 0.471. The first-order valence-electron chi connectivity index (χ1n) is 15.0. The van der Waals surface area contributed by atoms with Crippen LogP contribution >= 0.6 is 0 Å². The predicted octanol–water partition coefficient (Wildman–Crippen LogP) is 4.13. The number of rotatable bonds is 10. The summed E-state index contributed by atoms with van der Waals surface area (Å²) in [5, 5.41) is 24.2. The standard InChI is InChI=1S/C34H42N2O6/c1-35-16-18-36(19-17-35)15-7-8-20-41-26-13-11-25(12-14-26)34-28(24-9-5-4-6-10-24)23-31(37)33(34,38)32-29(40-3)21-27(39-2)22-30(32)42-34/h4-6,9-14,21-22,28,31,37-38H,7-8,15-20,23H2,1-3H3/t28-,31+,33+,34-/m0/s1. The van der Waals surface area contributed by atoms with Crippen molar-refractivity contribution in [3.05, 3.63) is 83.4 Å². The van der Waals surface area contributed by atoms with E-state index in [2.05, 4.69) is 16.8 Å². The van der Waals surface area contributed by atoms with Gasteiger partial charge in [-0.25, -0.2) is 0 Å². The number of fused-ring (bicyclic) bond motifs is 3. The summed E-state index contributed by atoms with van der Waals surface area (Å²) < 4.78 is 24.1. The average molecular weight is 575 g/mol. The fourth-order valence-corrected chi connectivity index (χ4v) is 7.08. The molecule has 0 unspecified atom stereocenters. The van der Waals surface area contributed by atoms with Gasteiger partial charge in [-0.3, -0.25) is 0 Å². The minimum absolute atomic E-state index is 0.320. The molecule has 2 heterocycles. The number of methoxy groups -OCH3 is 2. The third-order valence-corrected chi connectivity index (χ3v) is 9.36.